The summed E-state index contributed by atoms with van der Waals surface area (Å²) >= 11 is 0. The van der Waals surface area contributed by atoms with Crippen molar-refractivity contribution in [1.29, 1.82) is 0 Å². The highest BCUT2D eigenvalue weighted by atomic mass is 16.3. The first-order chi connectivity index (χ1) is 10.6. The van der Waals surface area contributed by atoms with Crippen LogP contribution >= 0.6 is 0 Å². The number of rotatable bonds is 4. The highest BCUT2D eigenvalue weighted by Gasteiger charge is 2.30. The maximum Gasteiger partial charge on any atom is 0.0591 e. The van der Waals surface area contributed by atoms with Crippen LogP contribution in [0.2, 0.25) is 0 Å². The van der Waals surface area contributed by atoms with Crippen molar-refractivity contribution >= 4 is 0 Å². The molecule has 1 saturated heterocycles. The molecule has 2 rings (SSSR count). The SMILES string of the molecule is Cc1ccc(CN2CC(N)CC(CC(O)C(C)(C)C)C2)c(C)c1. The van der Waals surface area contributed by atoms with Crippen LogP contribution in [0.3, 0.4) is 0 Å². The molecule has 1 heterocycles. The number of aliphatic hydroxyl groups excluding tert-OH is 1. The quantitative estimate of drug-likeness (QED) is 0.896. The van der Waals surface area contributed by atoms with E-state index in [1.807, 2.05) is 0 Å². The van der Waals surface area contributed by atoms with Gasteiger partial charge in [-0.15, -0.1) is 0 Å². The standard InChI is InChI=1S/C20H34N2O/c1-14-6-7-17(15(2)8-14)12-22-11-16(9-18(21)13-22)10-19(23)20(3,4)5/h6-8,16,18-19,23H,9-13,21H2,1-5H3. The fraction of sp³-hybridized carbons (Fsp3) is 0.700. The smallest absolute Gasteiger partial charge is 0.0591 e. The number of hydrogen-bond donors (Lipinski definition) is 2. The van der Waals surface area contributed by atoms with Crippen LogP contribution in [0.1, 0.15) is 50.3 Å². The molecule has 3 atom stereocenters. The molecule has 0 spiro atoms. The third kappa shape index (κ3) is 5.30. The minimum absolute atomic E-state index is 0.0556. The lowest BCUT2D eigenvalue weighted by Crippen LogP contribution is -2.47. The molecule has 0 amide bonds. The van der Waals surface area contributed by atoms with Crippen molar-refractivity contribution in [3.63, 3.8) is 0 Å². The lowest BCUT2D eigenvalue weighted by Gasteiger charge is -2.39. The van der Waals surface area contributed by atoms with Crippen molar-refractivity contribution < 1.29 is 5.11 Å². The normalized spacial score (nSPS) is 24.7. The first kappa shape index (κ1) is 18.4. The predicted octanol–water partition coefficient (Wildman–Crippen LogP) is 3.25. The van der Waals surface area contributed by atoms with E-state index < -0.39 is 0 Å². The van der Waals surface area contributed by atoms with Gasteiger partial charge in [-0.25, -0.2) is 0 Å². The van der Waals surface area contributed by atoms with Crippen molar-refractivity contribution in [2.24, 2.45) is 17.1 Å². The van der Waals surface area contributed by atoms with Gasteiger partial charge in [0, 0.05) is 25.7 Å². The number of aliphatic hydroxyl groups is 1. The van der Waals surface area contributed by atoms with E-state index in [1.165, 1.54) is 16.7 Å². The van der Waals surface area contributed by atoms with Gasteiger partial charge in [0.25, 0.3) is 0 Å². The maximum absolute atomic E-state index is 10.4. The molecular weight excluding hydrogens is 284 g/mol. The fourth-order valence-corrected chi connectivity index (χ4v) is 3.58. The number of hydrogen-bond acceptors (Lipinski definition) is 3. The van der Waals surface area contributed by atoms with E-state index >= 15 is 0 Å². The molecule has 1 fully saturated rings. The third-order valence-corrected chi connectivity index (χ3v) is 5.09. The molecule has 1 aliphatic rings. The van der Waals surface area contributed by atoms with Gasteiger partial charge in [0.05, 0.1) is 6.10 Å². The Morgan fingerprint density at radius 3 is 2.57 bits per heavy atom. The number of nitrogens with two attached hydrogens (primary N) is 1. The Morgan fingerprint density at radius 1 is 1.26 bits per heavy atom. The van der Waals surface area contributed by atoms with E-state index in [1.54, 1.807) is 0 Å². The highest BCUT2D eigenvalue weighted by Crippen LogP contribution is 2.29. The highest BCUT2D eigenvalue weighted by molar-refractivity contribution is 5.30. The molecule has 3 nitrogen and oxygen atoms in total. The predicted molar refractivity (Wildman–Crippen MR) is 97.4 cm³/mol. The van der Waals surface area contributed by atoms with Gasteiger partial charge in [0.2, 0.25) is 0 Å². The van der Waals surface area contributed by atoms with Gasteiger partial charge in [0.1, 0.15) is 0 Å². The van der Waals surface area contributed by atoms with E-state index in [4.69, 9.17) is 5.73 Å². The van der Waals surface area contributed by atoms with Crippen LogP contribution in [0.25, 0.3) is 0 Å². The minimum Gasteiger partial charge on any atom is -0.393 e. The fourth-order valence-electron chi connectivity index (χ4n) is 3.58. The average Bonchev–Trinajstić information content (AvgIpc) is 2.40. The number of benzene rings is 1. The molecule has 1 aromatic rings. The lowest BCUT2D eigenvalue weighted by molar-refractivity contribution is 0.0232. The Labute approximate surface area is 141 Å². The summed E-state index contributed by atoms with van der Waals surface area (Å²) in [6.07, 6.45) is 1.61. The number of piperidine rings is 1. The summed E-state index contributed by atoms with van der Waals surface area (Å²) in [6, 6.07) is 6.89. The molecule has 0 radical (unpaired) electrons. The first-order valence-electron chi connectivity index (χ1n) is 8.87. The van der Waals surface area contributed by atoms with Gasteiger partial charge in [-0.05, 0) is 49.1 Å². The Bertz CT molecular complexity index is 521. The molecule has 3 unspecified atom stereocenters. The lowest BCUT2D eigenvalue weighted by atomic mass is 9.80. The second-order valence-corrected chi connectivity index (χ2v) is 8.60. The molecular formula is C20H34N2O. The summed E-state index contributed by atoms with van der Waals surface area (Å²) in [4.78, 5) is 2.46. The topological polar surface area (TPSA) is 49.5 Å². The van der Waals surface area contributed by atoms with E-state index in [2.05, 4.69) is 57.7 Å². The molecule has 3 N–H and O–H groups in total. The molecule has 0 saturated carbocycles. The third-order valence-electron chi connectivity index (χ3n) is 5.09. The summed E-state index contributed by atoms with van der Waals surface area (Å²) in [5.74, 6) is 0.485. The number of nitrogens with zero attached hydrogens (tertiary/aromatic N) is 1. The number of likely N-dealkylation sites (tertiary alicyclic amines) is 1. The van der Waals surface area contributed by atoms with E-state index in [0.717, 1.165) is 32.5 Å². The summed E-state index contributed by atoms with van der Waals surface area (Å²) in [7, 11) is 0. The summed E-state index contributed by atoms with van der Waals surface area (Å²) in [5.41, 5.74) is 10.3. The first-order valence-corrected chi connectivity index (χ1v) is 8.87. The van der Waals surface area contributed by atoms with Gasteiger partial charge in [-0.3, -0.25) is 4.90 Å². The van der Waals surface area contributed by atoms with Crippen molar-refractivity contribution in [3.8, 4) is 0 Å². The maximum atomic E-state index is 10.4. The van der Waals surface area contributed by atoms with Crippen LogP contribution in [0, 0.1) is 25.2 Å². The van der Waals surface area contributed by atoms with Gasteiger partial charge < -0.3 is 10.8 Å². The van der Waals surface area contributed by atoms with E-state index in [9.17, 15) is 5.11 Å². The van der Waals surface area contributed by atoms with Gasteiger partial charge in [0.15, 0.2) is 0 Å². The zero-order chi connectivity index (χ0) is 17.2. The van der Waals surface area contributed by atoms with Crippen molar-refractivity contribution in [2.75, 3.05) is 13.1 Å². The molecule has 130 valence electrons. The number of aryl methyl sites for hydroxylation is 2. The van der Waals surface area contributed by atoms with Crippen LogP contribution in [-0.2, 0) is 6.54 Å². The van der Waals surface area contributed by atoms with Gasteiger partial charge in [-0.1, -0.05) is 44.5 Å². The van der Waals surface area contributed by atoms with E-state index in [0.29, 0.717) is 5.92 Å². The zero-order valence-corrected chi connectivity index (χ0v) is 15.5. The summed E-state index contributed by atoms with van der Waals surface area (Å²) in [6.45, 7) is 13.6. The summed E-state index contributed by atoms with van der Waals surface area (Å²) < 4.78 is 0. The summed E-state index contributed by atoms with van der Waals surface area (Å²) in [5, 5.41) is 10.4. The molecule has 0 bridgehead atoms. The molecule has 1 aromatic carbocycles. The molecule has 1 aliphatic heterocycles. The van der Waals surface area contributed by atoms with E-state index in [-0.39, 0.29) is 17.6 Å². The zero-order valence-electron chi connectivity index (χ0n) is 15.5. The van der Waals surface area contributed by atoms with Crippen molar-refractivity contribution in [2.45, 2.75) is 66.2 Å². The molecule has 0 aliphatic carbocycles. The Kier molecular flexibility index (Phi) is 5.88. The second kappa shape index (κ2) is 7.33. The Hall–Kier alpha value is -0.900. The van der Waals surface area contributed by atoms with Gasteiger partial charge in [-0.2, -0.15) is 0 Å². The van der Waals surface area contributed by atoms with Gasteiger partial charge >= 0.3 is 0 Å². The average molecular weight is 319 g/mol. The van der Waals surface area contributed by atoms with Crippen molar-refractivity contribution in [1.82, 2.24) is 4.90 Å². The second-order valence-electron chi connectivity index (χ2n) is 8.60. The molecule has 23 heavy (non-hydrogen) atoms. The Balaban J connectivity index is 2.00. The van der Waals surface area contributed by atoms with Crippen molar-refractivity contribution in [3.05, 3.63) is 34.9 Å². The van der Waals surface area contributed by atoms with Crippen LogP contribution in [0.15, 0.2) is 18.2 Å². The molecule has 3 heteroatoms. The van der Waals surface area contributed by atoms with Crippen LogP contribution in [0.5, 0.6) is 0 Å². The monoisotopic (exact) mass is 318 g/mol. The van der Waals surface area contributed by atoms with Crippen LogP contribution in [-0.4, -0.2) is 35.2 Å². The van der Waals surface area contributed by atoms with Crippen LogP contribution in [0.4, 0.5) is 0 Å². The Morgan fingerprint density at radius 2 is 1.96 bits per heavy atom. The largest absolute Gasteiger partial charge is 0.393 e. The van der Waals surface area contributed by atoms with Crippen LogP contribution < -0.4 is 5.73 Å². The molecule has 0 aromatic heterocycles. The minimum atomic E-state index is -0.263.